The van der Waals surface area contributed by atoms with Gasteiger partial charge in [0.15, 0.2) is 5.78 Å². The van der Waals surface area contributed by atoms with Gasteiger partial charge in [0.2, 0.25) is 0 Å². The Labute approximate surface area is 235 Å². The molecule has 0 bridgehead atoms. The minimum absolute atomic E-state index is 0.130. The third-order valence-corrected chi connectivity index (χ3v) is 7.45. The standard InChI is InChI=1S/C35H34N2O3/c1-4-37-33-20-18-27(32(36-40-25(3)38)17-11-9-15-26-13-6-5-7-14-26)22-30(33)31-23-28(19-21-34(31)37)35(39)29-16-10-8-12-24(29)2/h5-10,12-16,18-24,29H,4,11,17H2,1-3H3/b15-9+,36-32+. The highest BCUT2D eigenvalue weighted by Gasteiger charge is 2.24. The largest absolute Gasteiger partial charge is 0.341 e. The summed E-state index contributed by atoms with van der Waals surface area (Å²) in [5, 5.41) is 6.30. The molecule has 202 valence electrons. The van der Waals surface area contributed by atoms with Crippen molar-refractivity contribution in [1.29, 1.82) is 0 Å². The monoisotopic (exact) mass is 530 g/mol. The summed E-state index contributed by atoms with van der Waals surface area (Å²) in [6, 6.07) is 22.4. The first-order valence-electron chi connectivity index (χ1n) is 13.9. The highest BCUT2D eigenvalue weighted by molar-refractivity contribution is 6.14. The van der Waals surface area contributed by atoms with Crippen LogP contribution >= 0.6 is 0 Å². The number of aryl methyl sites for hydroxylation is 1. The van der Waals surface area contributed by atoms with Gasteiger partial charge in [0.25, 0.3) is 0 Å². The van der Waals surface area contributed by atoms with Crippen LogP contribution in [0, 0.1) is 11.8 Å². The number of carbonyl (C=O) groups is 2. The molecule has 40 heavy (non-hydrogen) atoms. The number of allylic oxidation sites excluding steroid dienone is 5. The minimum atomic E-state index is -0.454. The molecule has 2 atom stereocenters. The lowest BCUT2D eigenvalue weighted by molar-refractivity contribution is -0.140. The first-order chi connectivity index (χ1) is 19.5. The Morgan fingerprint density at radius 1 is 0.925 bits per heavy atom. The maximum absolute atomic E-state index is 13.5. The smallest absolute Gasteiger partial charge is 0.331 e. The zero-order chi connectivity index (χ0) is 28.1. The van der Waals surface area contributed by atoms with Crippen molar-refractivity contribution in [2.24, 2.45) is 17.0 Å². The number of rotatable bonds is 9. The van der Waals surface area contributed by atoms with Crippen LogP contribution in [0.4, 0.5) is 0 Å². The molecule has 5 heteroatoms. The second kappa shape index (κ2) is 12.1. The van der Waals surface area contributed by atoms with Gasteiger partial charge in [-0.3, -0.25) is 4.79 Å². The fourth-order valence-electron chi connectivity index (χ4n) is 5.38. The molecule has 0 amide bonds. The fraction of sp³-hybridized carbons (Fsp3) is 0.229. The van der Waals surface area contributed by atoms with Crippen molar-refractivity contribution in [3.63, 3.8) is 0 Å². The zero-order valence-electron chi connectivity index (χ0n) is 23.2. The number of oxime groups is 1. The normalized spacial score (nSPS) is 17.2. The lowest BCUT2D eigenvalue weighted by Gasteiger charge is -2.19. The molecule has 0 fully saturated rings. The highest BCUT2D eigenvalue weighted by Crippen LogP contribution is 2.33. The molecule has 1 heterocycles. The summed E-state index contributed by atoms with van der Waals surface area (Å²) < 4.78 is 2.26. The van der Waals surface area contributed by atoms with E-state index in [9.17, 15) is 9.59 Å². The van der Waals surface area contributed by atoms with Crippen LogP contribution in [0.25, 0.3) is 27.9 Å². The first kappa shape index (κ1) is 27.1. The summed E-state index contributed by atoms with van der Waals surface area (Å²) in [6.07, 6.45) is 13.6. The molecular formula is C35H34N2O3. The van der Waals surface area contributed by atoms with Crippen molar-refractivity contribution in [3.05, 3.63) is 114 Å². The predicted molar refractivity (Wildman–Crippen MR) is 163 cm³/mol. The summed E-state index contributed by atoms with van der Waals surface area (Å²) in [5.74, 6) is -0.326. The van der Waals surface area contributed by atoms with E-state index in [2.05, 4.69) is 72.1 Å². The molecule has 3 aromatic carbocycles. The van der Waals surface area contributed by atoms with E-state index in [4.69, 9.17) is 4.84 Å². The number of hydrogen-bond donors (Lipinski definition) is 0. The second-order valence-electron chi connectivity index (χ2n) is 10.2. The molecule has 0 saturated carbocycles. The molecule has 1 aliphatic carbocycles. The van der Waals surface area contributed by atoms with Crippen LogP contribution in [0.5, 0.6) is 0 Å². The van der Waals surface area contributed by atoms with E-state index in [1.54, 1.807) is 0 Å². The van der Waals surface area contributed by atoms with Crippen LogP contribution in [0.15, 0.2) is 102 Å². The number of fused-ring (bicyclic) bond motifs is 3. The first-order valence-corrected chi connectivity index (χ1v) is 13.9. The summed E-state index contributed by atoms with van der Waals surface area (Å²) in [7, 11) is 0. The van der Waals surface area contributed by atoms with E-state index < -0.39 is 5.97 Å². The van der Waals surface area contributed by atoms with E-state index in [-0.39, 0.29) is 17.6 Å². The van der Waals surface area contributed by atoms with Crippen molar-refractivity contribution in [1.82, 2.24) is 4.57 Å². The third kappa shape index (κ3) is 5.74. The molecule has 1 aliphatic rings. The quantitative estimate of drug-likeness (QED) is 0.0950. The SMILES string of the molecule is CCn1c2ccc(C(=O)C3C=CC=CC3C)cc2c2cc(/C(CC/C=C/c3ccccc3)=N/OC(C)=O)ccc21. The number of carbonyl (C=O) groups excluding carboxylic acids is 2. The van der Waals surface area contributed by atoms with Gasteiger partial charge in [-0.25, -0.2) is 4.79 Å². The Morgan fingerprint density at radius 3 is 2.27 bits per heavy atom. The summed E-state index contributed by atoms with van der Waals surface area (Å²) in [6.45, 7) is 6.36. The van der Waals surface area contributed by atoms with Gasteiger partial charge in [0.1, 0.15) is 0 Å². The van der Waals surface area contributed by atoms with Gasteiger partial charge in [-0.05, 0) is 61.6 Å². The van der Waals surface area contributed by atoms with Gasteiger partial charge in [-0.2, -0.15) is 0 Å². The predicted octanol–water partition coefficient (Wildman–Crippen LogP) is 8.14. The molecule has 2 unspecified atom stereocenters. The average molecular weight is 531 g/mol. The Bertz CT molecular complexity index is 1670. The topological polar surface area (TPSA) is 60.7 Å². The van der Waals surface area contributed by atoms with Crippen molar-refractivity contribution < 1.29 is 14.4 Å². The summed E-state index contributed by atoms with van der Waals surface area (Å²) >= 11 is 0. The van der Waals surface area contributed by atoms with E-state index in [0.717, 1.165) is 45.9 Å². The Kier molecular flexibility index (Phi) is 8.20. The lowest BCUT2D eigenvalue weighted by atomic mass is 9.84. The Balaban J connectivity index is 1.51. The molecule has 1 aromatic heterocycles. The average Bonchev–Trinajstić information content (AvgIpc) is 3.29. The van der Waals surface area contributed by atoms with Gasteiger partial charge in [0, 0.05) is 52.3 Å². The van der Waals surface area contributed by atoms with Crippen molar-refractivity contribution in [2.45, 2.75) is 40.2 Å². The number of Topliss-reactive ketones (excluding diaryl/α,β-unsaturated/α-hetero) is 1. The van der Waals surface area contributed by atoms with Crippen LogP contribution in [-0.4, -0.2) is 22.0 Å². The van der Waals surface area contributed by atoms with E-state index in [0.29, 0.717) is 17.7 Å². The van der Waals surface area contributed by atoms with Crippen LogP contribution in [0.3, 0.4) is 0 Å². The minimum Gasteiger partial charge on any atom is -0.341 e. The van der Waals surface area contributed by atoms with Gasteiger partial charge in [0.05, 0.1) is 5.71 Å². The molecule has 0 spiro atoms. The van der Waals surface area contributed by atoms with Gasteiger partial charge in [-0.1, -0.05) is 84.9 Å². The van der Waals surface area contributed by atoms with Crippen molar-refractivity contribution in [3.8, 4) is 0 Å². The molecule has 0 saturated heterocycles. The summed E-state index contributed by atoms with van der Waals surface area (Å²) in [5.41, 5.74) is 5.62. The van der Waals surface area contributed by atoms with Crippen molar-refractivity contribution >= 4 is 45.3 Å². The number of aromatic nitrogens is 1. The Morgan fingerprint density at radius 2 is 1.60 bits per heavy atom. The van der Waals surface area contributed by atoms with Crippen LogP contribution in [-0.2, 0) is 16.2 Å². The molecule has 4 aromatic rings. The number of nitrogens with zero attached hydrogens (tertiary/aromatic N) is 2. The molecule has 5 nitrogen and oxygen atoms in total. The van der Waals surface area contributed by atoms with E-state index in [1.807, 2.05) is 54.6 Å². The van der Waals surface area contributed by atoms with E-state index >= 15 is 0 Å². The zero-order valence-corrected chi connectivity index (χ0v) is 23.2. The Hall–Kier alpha value is -4.51. The summed E-state index contributed by atoms with van der Waals surface area (Å²) in [4.78, 5) is 30.2. The molecular weight excluding hydrogens is 496 g/mol. The molecule has 0 radical (unpaired) electrons. The molecule has 5 rings (SSSR count). The maximum atomic E-state index is 13.5. The fourth-order valence-corrected chi connectivity index (χ4v) is 5.38. The molecule has 0 N–H and O–H groups in total. The maximum Gasteiger partial charge on any atom is 0.331 e. The third-order valence-electron chi connectivity index (χ3n) is 7.45. The van der Waals surface area contributed by atoms with Crippen LogP contribution < -0.4 is 0 Å². The molecule has 0 aliphatic heterocycles. The van der Waals surface area contributed by atoms with Crippen LogP contribution in [0.1, 0.15) is 55.1 Å². The highest BCUT2D eigenvalue weighted by atomic mass is 16.7. The van der Waals surface area contributed by atoms with Crippen molar-refractivity contribution in [2.75, 3.05) is 0 Å². The number of ketones is 1. The van der Waals surface area contributed by atoms with Gasteiger partial charge in [-0.15, -0.1) is 0 Å². The number of benzene rings is 3. The van der Waals surface area contributed by atoms with E-state index in [1.165, 1.54) is 6.92 Å². The number of hydrogen-bond acceptors (Lipinski definition) is 4. The van der Waals surface area contributed by atoms with Gasteiger partial charge < -0.3 is 9.40 Å². The lowest BCUT2D eigenvalue weighted by Crippen LogP contribution is -2.20. The van der Waals surface area contributed by atoms with Gasteiger partial charge >= 0.3 is 5.97 Å². The second-order valence-corrected chi connectivity index (χ2v) is 10.2. The van der Waals surface area contributed by atoms with Crippen LogP contribution in [0.2, 0.25) is 0 Å².